The van der Waals surface area contributed by atoms with Gasteiger partial charge in [-0.05, 0) is 25.5 Å². The van der Waals surface area contributed by atoms with Gasteiger partial charge in [0.25, 0.3) is 0 Å². The highest BCUT2D eigenvalue weighted by Gasteiger charge is 2.30. The highest BCUT2D eigenvalue weighted by Crippen LogP contribution is 2.25. The van der Waals surface area contributed by atoms with Gasteiger partial charge in [-0.2, -0.15) is 4.31 Å². The molecule has 0 fully saturated rings. The Labute approximate surface area is 116 Å². The first-order valence-corrected chi connectivity index (χ1v) is 7.64. The molecular weight excluding hydrogens is 286 g/mol. The van der Waals surface area contributed by atoms with Crippen LogP contribution in [0.1, 0.15) is 18.9 Å². The van der Waals surface area contributed by atoms with Crippen molar-refractivity contribution in [1.82, 2.24) is 4.31 Å². The normalized spacial score (nSPS) is 17.1. The summed E-state index contributed by atoms with van der Waals surface area (Å²) in [7, 11) is -3.98. The van der Waals surface area contributed by atoms with Crippen molar-refractivity contribution in [2.45, 2.75) is 24.8 Å². The molecule has 0 bridgehead atoms. The van der Waals surface area contributed by atoms with Crippen molar-refractivity contribution in [2.75, 3.05) is 13.1 Å². The van der Waals surface area contributed by atoms with E-state index in [0.29, 0.717) is 6.42 Å². The summed E-state index contributed by atoms with van der Waals surface area (Å²) in [5, 5.41) is 0. The van der Waals surface area contributed by atoms with Gasteiger partial charge in [0.15, 0.2) is 5.82 Å². The Hall–Kier alpha value is -1.31. The lowest BCUT2D eigenvalue weighted by Crippen LogP contribution is -2.36. The minimum Gasteiger partial charge on any atom is -0.326 e. The lowest BCUT2D eigenvalue weighted by Gasteiger charge is -2.25. The van der Waals surface area contributed by atoms with Crippen LogP contribution < -0.4 is 5.73 Å². The summed E-state index contributed by atoms with van der Waals surface area (Å²) in [5.74, 6) is -1.93. The Kier molecular flexibility index (Phi) is 4.22. The van der Waals surface area contributed by atoms with Crippen LogP contribution in [0, 0.1) is 11.6 Å². The number of nitrogens with two attached hydrogens (primary N) is 1. The summed E-state index contributed by atoms with van der Waals surface area (Å²) in [6.07, 6.45) is 2.52. The number of nitrogens with zero attached hydrogens (tertiary/aromatic N) is 1. The predicted molar refractivity (Wildman–Crippen MR) is 71.4 cm³/mol. The molecule has 0 aromatic heterocycles. The molecule has 0 aliphatic carbocycles. The van der Waals surface area contributed by atoms with E-state index in [1.54, 1.807) is 0 Å². The molecule has 0 atom stereocenters. The fourth-order valence-electron chi connectivity index (χ4n) is 2.18. The molecule has 1 aliphatic heterocycles. The van der Waals surface area contributed by atoms with Crippen molar-refractivity contribution >= 4 is 10.0 Å². The number of halogens is 2. The summed E-state index contributed by atoms with van der Waals surface area (Å²) in [5.41, 5.74) is 5.76. The van der Waals surface area contributed by atoms with Crippen molar-refractivity contribution in [2.24, 2.45) is 5.73 Å². The van der Waals surface area contributed by atoms with Crippen LogP contribution in [0.3, 0.4) is 0 Å². The summed E-state index contributed by atoms with van der Waals surface area (Å²) in [6, 6.07) is 1.89. The van der Waals surface area contributed by atoms with Gasteiger partial charge < -0.3 is 5.73 Å². The quantitative estimate of drug-likeness (QED) is 0.865. The molecule has 1 heterocycles. The zero-order valence-corrected chi connectivity index (χ0v) is 11.9. The zero-order chi connectivity index (χ0) is 14.9. The second-order valence-electron chi connectivity index (χ2n) is 4.72. The molecule has 0 saturated carbocycles. The SMILES string of the molecule is CC1=CCCN(S(=O)(=O)c2ccc(F)c(CN)c2F)C1. The third-order valence-electron chi connectivity index (χ3n) is 3.27. The maximum Gasteiger partial charge on any atom is 0.246 e. The van der Waals surface area contributed by atoms with E-state index in [9.17, 15) is 17.2 Å². The average Bonchev–Trinajstić information content (AvgIpc) is 2.39. The smallest absolute Gasteiger partial charge is 0.246 e. The Balaban J connectivity index is 2.48. The Morgan fingerprint density at radius 3 is 2.65 bits per heavy atom. The molecule has 1 aliphatic rings. The maximum atomic E-state index is 14.1. The summed E-state index contributed by atoms with van der Waals surface area (Å²) < 4.78 is 53.6. The third-order valence-corrected chi connectivity index (χ3v) is 5.13. The average molecular weight is 302 g/mol. The molecule has 4 nitrogen and oxygen atoms in total. The van der Waals surface area contributed by atoms with Crippen molar-refractivity contribution in [3.05, 3.63) is 41.0 Å². The number of rotatable bonds is 3. The van der Waals surface area contributed by atoms with Crippen LogP contribution in [0.15, 0.2) is 28.7 Å². The second-order valence-corrected chi connectivity index (χ2v) is 6.63. The van der Waals surface area contributed by atoms with Gasteiger partial charge in [0.2, 0.25) is 10.0 Å². The summed E-state index contributed by atoms with van der Waals surface area (Å²) >= 11 is 0. The second kappa shape index (κ2) is 5.59. The van der Waals surface area contributed by atoms with Crippen LogP contribution in [0.5, 0.6) is 0 Å². The van der Waals surface area contributed by atoms with Crippen molar-refractivity contribution in [3.63, 3.8) is 0 Å². The van der Waals surface area contributed by atoms with Gasteiger partial charge >= 0.3 is 0 Å². The molecule has 2 N–H and O–H groups in total. The Morgan fingerprint density at radius 2 is 2.05 bits per heavy atom. The maximum absolute atomic E-state index is 14.1. The van der Waals surface area contributed by atoms with Gasteiger partial charge in [-0.25, -0.2) is 17.2 Å². The molecule has 0 spiro atoms. The molecule has 0 saturated heterocycles. The molecule has 0 unspecified atom stereocenters. The highest BCUT2D eigenvalue weighted by atomic mass is 32.2. The van der Waals surface area contributed by atoms with E-state index in [1.165, 1.54) is 4.31 Å². The van der Waals surface area contributed by atoms with Gasteiger partial charge in [0.05, 0.1) is 0 Å². The van der Waals surface area contributed by atoms with Crippen LogP contribution in [-0.2, 0) is 16.6 Å². The van der Waals surface area contributed by atoms with Crippen LogP contribution in [-0.4, -0.2) is 25.8 Å². The molecule has 20 heavy (non-hydrogen) atoms. The van der Waals surface area contributed by atoms with E-state index < -0.39 is 32.1 Å². The van der Waals surface area contributed by atoms with Crippen LogP contribution in [0.4, 0.5) is 8.78 Å². The molecule has 110 valence electrons. The number of benzene rings is 1. The number of hydrogen-bond acceptors (Lipinski definition) is 3. The zero-order valence-electron chi connectivity index (χ0n) is 11.1. The van der Waals surface area contributed by atoms with Gasteiger partial charge in [0.1, 0.15) is 10.7 Å². The van der Waals surface area contributed by atoms with Crippen molar-refractivity contribution in [1.29, 1.82) is 0 Å². The van der Waals surface area contributed by atoms with E-state index in [0.717, 1.165) is 17.7 Å². The van der Waals surface area contributed by atoms with E-state index in [2.05, 4.69) is 0 Å². The standard InChI is InChI=1S/C13H16F2N2O2S/c1-9-3-2-6-17(8-9)20(18,19)12-5-4-11(14)10(7-16)13(12)15/h3-5H,2,6-8,16H2,1H3. The first-order valence-electron chi connectivity index (χ1n) is 6.20. The first kappa shape index (κ1) is 15.1. The summed E-state index contributed by atoms with van der Waals surface area (Å²) in [4.78, 5) is -0.519. The summed E-state index contributed by atoms with van der Waals surface area (Å²) in [6.45, 7) is 1.93. The van der Waals surface area contributed by atoms with Gasteiger partial charge in [-0.3, -0.25) is 0 Å². The minimum absolute atomic E-state index is 0.219. The molecule has 1 aromatic rings. The molecular formula is C13H16F2N2O2S. The lowest BCUT2D eigenvalue weighted by molar-refractivity contribution is 0.422. The Morgan fingerprint density at radius 1 is 1.35 bits per heavy atom. The first-order chi connectivity index (χ1) is 9.37. The van der Waals surface area contributed by atoms with Gasteiger partial charge in [-0.15, -0.1) is 0 Å². The fourth-order valence-corrected chi connectivity index (χ4v) is 3.77. The monoisotopic (exact) mass is 302 g/mol. The molecule has 7 heteroatoms. The number of sulfonamides is 1. The van der Waals surface area contributed by atoms with E-state index in [4.69, 9.17) is 5.73 Å². The van der Waals surface area contributed by atoms with Crippen LogP contribution in [0.2, 0.25) is 0 Å². The molecule has 1 aromatic carbocycles. The molecule has 0 amide bonds. The Bertz CT molecular complexity index is 657. The predicted octanol–water partition coefficient (Wildman–Crippen LogP) is 1.76. The largest absolute Gasteiger partial charge is 0.326 e. The fraction of sp³-hybridized carbons (Fsp3) is 0.385. The lowest BCUT2D eigenvalue weighted by atomic mass is 10.2. The van der Waals surface area contributed by atoms with Gasteiger partial charge in [0, 0.05) is 25.2 Å². The van der Waals surface area contributed by atoms with E-state index in [-0.39, 0.29) is 19.6 Å². The topological polar surface area (TPSA) is 63.4 Å². The van der Waals surface area contributed by atoms with Crippen LogP contribution >= 0.6 is 0 Å². The highest BCUT2D eigenvalue weighted by molar-refractivity contribution is 7.89. The van der Waals surface area contributed by atoms with E-state index in [1.807, 2.05) is 13.0 Å². The van der Waals surface area contributed by atoms with Crippen molar-refractivity contribution in [3.8, 4) is 0 Å². The number of hydrogen-bond donors (Lipinski definition) is 1. The van der Waals surface area contributed by atoms with Crippen molar-refractivity contribution < 1.29 is 17.2 Å². The van der Waals surface area contributed by atoms with Crippen LogP contribution in [0.25, 0.3) is 0 Å². The molecule has 2 rings (SSSR count). The molecule has 0 radical (unpaired) electrons. The third kappa shape index (κ3) is 2.61. The van der Waals surface area contributed by atoms with Gasteiger partial charge in [-0.1, -0.05) is 11.6 Å². The van der Waals surface area contributed by atoms with E-state index >= 15 is 0 Å². The minimum atomic E-state index is -3.98.